The quantitative estimate of drug-likeness (QED) is 0.781. The van der Waals surface area contributed by atoms with E-state index in [1.807, 2.05) is 0 Å². The first-order chi connectivity index (χ1) is 12.5. The van der Waals surface area contributed by atoms with E-state index < -0.39 is 0 Å². The van der Waals surface area contributed by atoms with Gasteiger partial charge in [-0.25, -0.2) is 4.39 Å². The minimum atomic E-state index is -0.263. The topological polar surface area (TPSA) is 67.4 Å². The van der Waals surface area contributed by atoms with E-state index >= 15 is 0 Å². The maximum absolute atomic E-state index is 13.3. The van der Waals surface area contributed by atoms with Crippen LogP contribution >= 0.6 is 0 Å². The molecule has 2 N–H and O–H groups in total. The maximum atomic E-state index is 13.3. The summed E-state index contributed by atoms with van der Waals surface area (Å²) < 4.78 is 18.7. The standard InChI is InChI=1S/C20H27FN2O3/c1-14-12-17(14)19(25)22-9-6-18(24)23-13-20(7-10-26-11-8-20)15-2-4-16(21)5-3-15/h2-5,14,17H,6-13H2,1H3,(H,22,25)(H,23,24)/t14-,17-/m0/s1. The molecule has 0 radical (unpaired) electrons. The highest BCUT2D eigenvalue weighted by Gasteiger charge is 2.39. The number of amides is 2. The predicted molar refractivity (Wildman–Crippen MR) is 96.0 cm³/mol. The smallest absolute Gasteiger partial charge is 0.223 e. The van der Waals surface area contributed by atoms with Crippen LogP contribution in [0.1, 0.15) is 38.2 Å². The van der Waals surface area contributed by atoms with E-state index in [1.165, 1.54) is 12.1 Å². The lowest BCUT2D eigenvalue weighted by Crippen LogP contribution is -2.45. The molecule has 0 spiro atoms. The Morgan fingerprint density at radius 1 is 1.19 bits per heavy atom. The lowest BCUT2D eigenvalue weighted by Gasteiger charge is -2.38. The molecule has 1 aromatic carbocycles. The first-order valence-corrected chi connectivity index (χ1v) is 9.38. The maximum Gasteiger partial charge on any atom is 0.223 e. The summed E-state index contributed by atoms with van der Waals surface area (Å²) in [6.07, 6.45) is 2.79. The lowest BCUT2D eigenvalue weighted by atomic mass is 9.74. The van der Waals surface area contributed by atoms with E-state index in [0.29, 0.717) is 32.2 Å². The van der Waals surface area contributed by atoms with Gasteiger partial charge >= 0.3 is 0 Å². The minimum absolute atomic E-state index is 0.0533. The normalized spacial score (nSPS) is 23.9. The van der Waals surface area contributed by atoms with Crippen molar-refractivity contribution in [3.63, 3.8) is 0 Å². The van der Waals surface area contributed by atoms with Gasteiger partial charge in [0, 0.05) is 44.1 Å². The molecule has 0 aromatic heterocycles. The van der Waals surface area contributed by atoms with Crippen molar-refractivity contribution in [3.8, 4) is 0 Å². The summed E-state index contributed by atoms with van der Waals surface area (Å²) in [6, 6.07) is 6.51. The Balaban J connectivity index is 1.50. The number of ether oxygens (including phenoxy) is 1. The van der Waals surface area contributed by atoms with Crippen LogP contribution in [0.25, 0.3) is 0 Å². The van der Waals surface area contributed by atoms with E-state index in [1.54, 1.807) is 12.1 Å². The van der Waals surface area contributed by atoms with Gasteiger partial charge in [0.25, 0.3) is 0 Å². The molecule has 2 atom stereocenters. The van der Waals surface area contributed by atoms with Crippen molar-refractivity contribution in [2.75, 3.05) is 26.3 Å². The zero-order valence-corrected chi connectivity index (χ0v) is 15.2. The zero-order valence-electron chi connectivity index (χ0n) is 15.2. The molecule has 1 saturated carbocycles. The SMILES string of the molecule is C[C@H]1C[C@@H]1C(=O)NCCC(=O)NCC1(c2ccc(F)cc2)CCOCC1. The monoisotopic (exact) mass is 362 g/mol. The fourth-order valence-corrected chi connectivity index (χ4v) is 3.61. The summed E-state index contributed by atoms with van der Waals surface area (Å²) in [7, 11) is 0. The second-order valence-electron chi connectivity index (χ2n) is 7.54. The van der Waals surface area contributed by atoms with Crippen molar-refractivity contribution in [1.29, 1.82) is 0 Å². The average molecular weight is 362 g/mol. The first kappa shape index (κ1) is 18.8. The van der Waals surface area contributed by atoms with Gasteiger partial charge in [0.05, 0.1) is 0 Å². The van der Waals surface area contributed by atoms with Gasteiger partial charge < -0.3 is 15.4 Å². The van der Waals surface area contributed by atoms with Gasteiger partial charge in [0.15, 0.2) is 0 Å². The second-order valence-corrected chi connectivity index (χ2v) is 7.54. The minimum Gasteiger partial charge on any atom is -0.381 e. The average Bonchev–Trinajstić information content (AvgIpc) is 3.38. The molecule has 2 aliphatic rings. The van der Waals surface area contributed by atoms with Crippen LogP contribution in [0, 0.1) is 17.7 Å². The fourth-order valence-electron chi connectivity index (χ4n) is 3.61. The number of rotatable bonds is 7. The number of halogens is 1. The van der Waals surface area contributed by atoms with Crippen LogP contribution in [0.15, 0.2) is 24.3 Å². The number of hydrogen-bond donors (Lipinski definition) is 2. The van der Waals surface area contributed by atoms with Crippen molar-refractivity contribution in [2.45, 2.75) is 38.0 Å². The lowest BCUT2D eigenvalue weighted by molar-refractivity contribution is -0.123. The molecule has 3 rings (SSSR count). The van der Waals surface area contributed by atoms with Crippen molar-refractivity contribution in [2.24, 2.45) is 11.8 Å². The molecular weight excluding hydrogens is 335 g/mol. The largest absolute Gasteiger partial charge is 0.381 e. The van der Waals surface area contributed by atoms with Crippen molar-refractivity contribution in [1.82, 2.24) is 10.6 Å². The second kappa shape index (κ2) is 8.16. The van der Waals surface area contributed by atoms with Crippen molar-refractivity contribution >= 4 is 11.8 Å². The zero-order chi connectivity index (χ0) is 18.6. The molecule has 5 nitrogen and oxygen atoms in total. The van der Waals surface area contributed by atoms with Crippen LogP contribution in [-0.4, -0.2) is 38.1 Å². The third-order valence-corrected chi connectivity index (χ3v) is 5.63. The Morgan fingerprint density at radius 2 is 1.85 bits per heavy atom. The molecule has 2 fully saturated rings. The Bertz CT molecular complexity index is 641. The summed E-state index contributed by atoms with van der Waals surface area (Å²) in [5.74, 6) is 0.301. The molecule has 2 amide bonds. The number of carbonyl (C=O) groups excluding carboxylic acids is 2. The van der Waals surface area contributed by atoms with Gasteiger partial charge in [-0.05, 0) is 42.9 Å². The van der Waals surface area contributed by atoms with E-state index in [2.05, 4.69) is 17.6 Å². The number of carbonyl (C=O) groups is 2. The molecule has 26 heavy (non-hydrogen) atoms. The molecule has 1 aliphatic heterocycles. The fraction of sp³-hybridized carbons (Fsp3) is 0.600. The van der Waals surface area contributed by atoms with E-state index in [9.17, 15) is 14.0 Å². The van der Waals surface area contributed by atoms with Crippen LogP contribution < -0.4 is 10.6 Å². The van der Waals surface area contributed by atoms with Gasteiger partial charge in [-0.3, -0.25) is 9.59 Å². The third kappa shape index (κ3) is 4.61. The highest BCUT2D eigenvalue weighted by atomic mass is 19.1. The molecule has 0 bridgehead atoms. The van der Waals surface area contributed by atoms with Crippen LogP contribution in [0.4, 0.5) is 4.39 Å². The van der Waals surface area contributed by atoms with Crippen LogP contribution in [0.3, 0.4) is 0 Å². The first-order valence-electron chi connectivity index (χ1n) is 9.38. The van der Waals surface area contributed by atoms with Gasteiger partial charge in [-0.1, -0.05) is 19.1 Å². The van der Waals surface area contributed by atoms with Gasteiger partial charge in [-0.15, -0.1) is 0 Å². The summed E-state index contributed by atoms with van der Waals surface area (Å²) in [5.41, 5.74) is 0.799. The summed E-state index contributed by atoms with van der Waals surface area (Å²) in [6.45, 7) is 4.17. The number of nitrogens with one attached hydrogen (secondary N) is 2. The summed E-state index contributed by atoms with van der Waals surface area (Å²) in [4.78, 5) is 24.0. The number of hydrogen-bond acceptors (Lipinski definition) is 3. The summed E-state index contributed by atoms with van der Waals surface area (Å²) >= 11 is 0. The number of benzene rings is 1. The van der Waals surface area contributed by atoms with Gasteiger partial charge in [0.2, 0.25) is 11.8 Å². The Hall–Kier alpha value is -1.95. The van der Waals surface area contributed by atoms with E-state index in [0.717, 1.165) is 24.8 Å². The van der Waals surface area contributed by atoms with Crippen LogP contribution in [0.2, 0.25) is 0 Å². The van der Waals surface area contributed by atoms with E-state index in [4.69, 9.17) is 4.74 Å². The highest BCUT2D eigenvalue weighted by Crippen LogP contribution is 2.37. The Labute approximate surface area is 153 Å². The Kier molecular flexibility index (Phi) is 5.91. The molecule has 1 saturated heterocycles. The molecule has 1 aliphatic carbocycles. The van der Waals surface area contributed by atoms with Crippen molar-refractivity contribution < 1.29 is 18.7 Å². The van der Waals surface area contributed by atoms with Gasteiger partial charge in [0.1, 0.15) is 5.82 Å². The molecule has 1 aromatic rings. The van der Waals surface area contributed by atoms with E-state index in [-0.39, 0.29) is 35.4 Å². The van der Waals surface area contributed by atoms with Crippen molar-refractivity contribution in [3.05, 3.63) is 35.6 Å². The molecule has 6 heteroatoms. The molecule has 142 valence electrons. The highest BCUT2D eigenvalue weighted by molar-refractivity contribution is 5.82. The Morgan fingerprint density at radius 3 is 2.46 bits per heavy atom. The van der Waals surface area contributed by atoms with Gasteiger partial charge in [-0.2, -0.15) is 0 Å². The summed E-state index contributed by atoms with van der Waals surface area (Å²) in [5, 5.41) is 5.82. The molecular formula is C20H27FN2O3. The third-order valence-electron chi connectivity index (χ3n) is 5.63. The van der Waals surface area contributed by atoms with Crippen LogP contribution in [-0.2, 0) is 19.7 Å². The predicted octanol–water partition coefficient (Wildman–Crippen LogP) is 2.15. The molecule has 1 heterocycles. The van der Waals surface area contributed by atoms with Crippen LogP contribution in [0.5, 0.6) is 0 Å². The molecule has 0 unspecified atom stereocenters.